The summed E-state index contributed by atoms with van der Waals surface area (Å²) >= 11 is 12.7. The minimum absolute atomic E-state index is 0.0890. The van der Waals surface area contributed by atoms with Crippen LogP contribution in [-0.4, -0.2) is 35.1 Å². The van der Waals surface area contributed by atoms with Crippen molar-refractivity contribution in [1.29, 1.82) is 5.26 Å². The number of esters is 1. The van der Waals surface area contributed by atoms with Crippen LogP contribution in [0.3, 0.4) is 0 Å². The largest absolute Gasteiger partial charge is 0.459 e. The molecule has 0 radical (unpaired) electrons. The summed E-state index contributed by atoms with van der Waals surface area (Å²) in [5.74, 6) is -0.816. The summed E-state index contributed by atoms with van der Waals surface area (Å²) < 4.78 is 5.96. The minimum Gasteiger partial charge on any atom is -0.459 e. The highest BCUT2D eigenvalue weighted by Crippen LogP contribution is 2.55. The molecule has 6 heteroatoms. The summed E-state index contributed by atoms with van der Waals surface area (Å²) in [4.78, 5) is 16.0. The van der Waals surface area contributed by atoms with Crippen molar-refractivity contribution >= 4 is 29.2 Å². The molecule has 0 bridgehead atoms. The first-order chi connectivity index (χ1) is 16.2. The fraction of sp³-hybridized carbons (Fsp3) is 0.517. The lowest BCUT2D eigenvalue weighted by Gasteiger charge is -2.39. The summed E-state index contributed by atoms with van der Waals surface area (Å²) in [7, 11) is 0. The molecule has 0 N–H and O–H groups in total. The molecule has 2 aromatic carbocycles. The third-order valence-corrected chi connectivity index (χ3v) is 7.11. The summed E-state index contributed by atoms with van der Waals surface area (Å²) in [6.07, 6.45) is 0.716. The summed E-state index contributed by atoms with van der Waals surface area (Å²) in [5, 5.41) is 12.2. The second-order valence-electron chi connectivity index (χ2n) is 11.6. The number of nitriles is 1. The van der Waals surface area contributed by atoms with Gasteiger partial charge in [-0.25, -0.2) is 0 Å². The topological polar surface area (TPSA) is 53.3 Å². The molecule has 1 aliphatic heterocycles. The molecule has 4 nitrogen and oxygen atoms in total. The number of rotatable bonds is 5. The zero-order chi connectivity index (χ0) is 26.2. The van der Waals surface area contributed by atoms with Gasteiger partial charge in [0.2, 0.25) is 0 Å². The van der Waals surface area contributed by atoms with Crippen molar-refractivity contribution in [3.8, 4) is 6.07 Å². The van der Waals surface area contributed by atoms with Crippen LogP contribution in [-0.2, 0) is 14.9 Å². The first-order valence-corrected chi connectivity index (χ1v) is 12.9. The Bertz CT molecular complexity index is 1100. The number of halogens is 2. The van der Waals surface area contributed by atoms with E-state index >= 15 is 0 Å². The molecule has 0 aromatic heterocycles. The fourth-order valence-corrected chi connectivity index (χ4v) is 5.79. The predicted molar refractivity (Wildman–Crippen MR) is 143 cm³/mol. The molecule has 0 amide bonds. The number of likely N-dealkylation sites (N-methyl/N-ethyl adjacent to an activating group) is 1. The van der Waals surface area contributed by atoms with Crippen LogP contribution in [0, 0.1) is 16.7 Å². The van der Waals surface area contributed by atoms with Crippen molar-refractivity contribution in [3.05, 3.63) is 69.7 Å². The average Bonchev–Trinajstić information content (AvgIpc) is 3.02. The fourth-order valence-electron chi connectivity index (χ4n) is 5.46. The van der Waals surface area contributed by atoms with Gasteiger partial charge in [-0.3, -0.25) is 9.69 Å². The van der Waals surface area contributed by atoms with Crippen molar-refractivity contribution in [3.63, 3.8) is 0 Å². The van der Waals surface area contributed by atoms with E-state index in [0.29, 0.717) is 23.0 Å². The van der Waals surface area contributed by atoms with E-state index in [0.717, 1.165) is 11.1 Å². The number of hydrogen-bond acceptors (Lipinski definition) is 4. The molecule has 4 atom stereocenters. The molecule has 1 heterocycles. The number of ether oxygens (including phenoxy) is 1. The van der Waals surface area contributed by atoms with Crippen LogP contribution in [0.25, 0.3) is 0 Å². The van der Waals surface area contributed by atoms with Crippen LogP contribution in [0.4, 0.5) is 0 Å². The Morgan fingerprint density at radius 2 is 1.69 bits per heavy atom. The van der Waals surface area contributed by atoms with E-state index in [1.54, 1.807) is 0 Å². The van der Waals surface area contributed by atoms with E-state index in [9.17, 15) is 10.1 Å². The van der Waals surface area contributed by atoms with Crippen molar-refractivity contribution in [2.45, 2.75) is 83.9 Å². The highest BCUT2D eigenvalue weighted by molar-refractivity contribution is 6.30. The number of benzene rings is 2. The smallest absolute Gasteiger partial charge is 0.324 e. The minimum atomic E-state index is -1.03. The molecule has 1 fully saturated rings. The highest BCUT2D eigenvalue weighted by atomic mass is 35.5. The zero-order valence-electron chi connectivity index (χ0n) is 21.7. The van der Waals surface area contributed by atoms with Crippen LogP contribution in [0.15, 0.2) is 48.5 Å². The SMILES string of the molecule is CCN1[C@@H](CC(C)(C)C)[C@](C#N)(c2ccc(Cl)cc2)[C@@H](c2cccc(Cl)c2)[C@@H]1C(=O)OC(C)(C)C. The maximum Gasteiger partial charge on any atom is 0.324 e. The lowest BCUT2D eigenvalue weighted by molar-refractivity contribution is -0.161. The molecule has 188 valence electrons. The van der Waals surface area contributed by atoms with E-state index < -0.39 is 23.0 Å². The van der Waals surface area contributed by atoms with E-state index in [1.807, 2.05) is 76.2 Å². The number of likely N-dealkylation sites (tertiary alicyclic amines) is 1. The molecule has 35 heavy (non-hydrogen) atoms. The van der Waals surface area contributed by atoms with Gasteiger partial charge in [-0.15, -0.1) is 0 Å². The Morgan fingerprint density at radius 1 is 1.06 bits per heavy atom. The van der Waals surface area contributed by atoms with E-state index in [4.69, 9.17) is 27.9 Å². The van der Waals surface area contributed by atoms with E-state index in [-0.39, 0.29) is 17.4 Å². The molecule has 0 aliphatic carbocycles. The van der Waals surface area contributed by atoms with Gasteiger partial charge in [0.1, 0.15) is 17.1 Å². The van der Waals surface area contributed by atoms with Gasteiger partial charge >= 0.3 is 5.97 Å². The van der Waals surface area contributed by atoms with Gasteiger partial charge in [-0.2, -0.15) is 5.26 Å². The Kier molecular flexibility index (Phi) is 7.97. The monoisotopic (exact) mass is 514 g/mol. The van der Waals surface area contributed by atoms with Gasteiger partial charge in [-0.05, 0) is 74.5 Å². The number of carbonyl (C=O) groups is 1. The highest BCUT2D eigenvalue weighted by Gasteiger charge is 2.63. The predicted octanol–water partition coefficient (Wildman–Crippen LogP) is 7.39. The van der Waals surface area contributed by atoms with E-state index in [1.165, 1.54) is 0 Å². The number of hydrogen-bond donors (Lipinski definition) is 0. The first kappa shape index (κ1) is 27.5. The molecule has 2 aromatic rings. The van der Waals surface area contributed by atoms with Gasteiger partial charge in [0.25, 0.3) is 0 Å². The number of carbonyl (C=O) groups excluding carboxylic acids is 1. The maximum atomic E-state index is 13.9. The van der Waals surface area contributed by atoms with Gasteiger partial charge < -0.3 is 4.74 Å². The summed E-state index contributed by atoms with van der Waals surface area (Å²) in [6, 6.07) is 16.8. The van der Waals surface area contributed by atoms with Crippen LogP contribution in [0.5, 0.6) is 0 Å². The van der Waals surface area contributed by atoms with Crippen LogP contribution in [0.2, 0.25) is 10.0 Å². The lowest BCUT2D eigenvalue weighted by atomic mass is 9.63. The molecule has 0 unspecified atom stereocenters. The normalized spacial score (nSPS) is 25.3. The van der Waals surface area contributed by atoms with Crippen molar-refractivity contribution in [2.24, 2.45) is 5.41 Å². The van der Waals surface area contributed by atoms with E-state index in [2.05, 4.69) is 31.7 Å². The Labute approximate surface area is 220 Å². The van der Waals surface area contributed by atoms with Gasteiger partial charge in [0.15, 0.2) is 0 Å². The van der Waals surface area contributed by atoms with Crippen LogP contribution >= 0.6 is 23.2 Å². The summed E-state index contributed by atoms with van der Waals surface area (Å²) in [5.41, 5.74) is -0.0884. The molecule has 1 aliphatic rings. The standard InChI is InChI=1S/C29H36Cl2N2O2/c1-8-33-23(17-27(2,3)4)29(18-32,20-12-14-21(30)15-13-20)24(19-10-9-11-22(31)16-19)25(33)26(34)35-28(5,6)7/h9-16,23-25H,8,17H2,1-7H3/t23-,24-,25+,29-/m0/s1. The Morgan fingerprint density at radius 3 is 2.17 bits per heavy atom. The molecular weight excluding hydrogens is 479 g/mol. The van der Waals surface area contributed by atoms with Crippen LogP contribution < -0.4 is 0 Å². The third-order valence-electron chi connectivity index (χ3n) is 6.62. The molecule has 3 rings (SSSR count). The Hall–Kier alpha value is -2.06. The van der Waals surface area contributed by atoms with Crippen molar-refractivity contribution in [1.82, 2.24) is 4.90 Å². The zero-order valence-corrected chi connectivity index (χ0v) is 23.2. The summed E-state index contributed by atoms with van der Waals surface area (Å²) in [6.45, 7) is 14.7. The second-order valence-corrected chi connectivity index (χ2v) is 12.5. The lowest BCUT2D eigenvalue weighted by Crippen LogP contribution is -2.47. The number of nitrogens with zero attached hydrogens (tertiary/aromatic N) is 2. The van der Waals surface area contributed by atoms with Crippen LogP contribution in [0.1, 0.15) is 71.9 Å². The maximum absolute atomic E-state index is 13.9. The molecular formula is C29H36Cl2N2O2. The average molecular weight is 516 g/mol. The third kappa shape index (κ3) is 5.69. The van der Waals surface area contributed by atoms with Gasteiger partial charge in [-0.1, -0.05) is 75.2 Å². The van der Waals surface area contributed by atoms with Gasteiger partial charge in [0, 0.05) is 22.0 Å². The van der Waals surface area contributed by atoms with Crippen molar-refractivity contribution < 1.29 is 9.53 Å². The first-order valence-electron chi connectivity index (χ1n) is 12.1. The molecule has 0 saturated carbocycles. The second kappa shape index (κ2) is 10.1. The van der Waals surface area contributed by atoms with Crippen molar-refractivity contribution in [2.75, 3.05) is 6.54 Å². The van der Waals surface area contributed by atoms with Gasteiger partial charge in [0.05, 0.1) is 6.07 Å². The molecule has 1 saturated heterocycles. The Balaban J connectivity index is 2.38. The molecule has 0 spiro atoms. The quantitative estimate of drug-likeness (QED) is 0.390.